The normalized spacial score (nSPS) is 15.4. The largest absolute Gasteiger partial charge is 0.619 e. The molecule has 14 nitrogen and oxygen atoms in total. The predicted molar refractivity (Wildman–Crippen MR) is 192 cm³/mol. The van der Waals surface area contributed by atoms with Crippen LogP contribution < -0.4 is 23.2 Å². The molecule has 0 amide bonds. The number of halogens is 4. The Hall–Kier alpha value is -4.16. The van der Waals surface area contributed by atoms with Crippen LogP contribution in [0.4, 0.5) is 14.5 Å². The number of benzene rings is 2. The van der Waals surface area contributed by atoms with Gasteiger partial charge in [0.2, 0.25) is 10.0 Å². The minimum Gasteiger partial charge on any atom is -0.619 e. The zero-order valence-corrected chi connectivity index (χ0v) is 31.7. The van der Waals surface area contributed by atoms with E-state index in [0.717, 1.165) is 35.8 Å². The topological polar surface area (TPSA) is 157 Å². The van der Waals surface area contributed by atoms with Crippen LogP contribution in [0.5, 0.6) is 17.2 Å². The minimum absolute atomic E-state index is 0.0155. The molecule has 1 saturated carbocycles. The van der Waals surface area contributed by atoms with Crippen LogP contribution in [0.25, 0.3) is 0 Å². The predicted octanol–water partition coefficient (Wildman–Crippen LogP) is 4.81. The summed E-state index contributed by atoms with van der Waals surface area (Å²) in [6.45, 7) is -0.962. The zero-order valence-electron chi connectivity index (χ0n) is 29.4. The highest BCUT2D eigenvalue weighted by atomic mass is 35.5. The molecule has 1 saturated heterocycles. The SMILES string of the molecule is COc1ccc(C(=O)OCC(=O)O[C@@H](Cc2c(Cl)c[n+]([O-])cc2Cl)c2ccc(OC(F)F)c(OCC3CC3)c2)cc1N(CCN1CCOCC1)S(C)(=O)=O. The van der Waals surface area contributed by atoms with Gasteiger partial charge in [0.15, 0.2) is 30.5 Å². The summed E-state index contributed by atoms with van der Waals surface area (Å²) in [5.74, 6) is -1.77. The number of methoxy groups -OCH3 is 1. The summed E-state index contributed by atoms with van der Waals surface area (Å²) >= 11 is 12.6. The van der Waals surface area contributed by atoms with Gasteiger partial charge in [-0.3, -0.25) is 9.21 Å². The van der Waals surface area contributed by atoms with Gasteiger partial charge in [-0.25, -0.2) is 18.0 Å². The molecule has 2 aliphatic rings. The first-order valence-electron chi connectivity index (χ1n) is 16.8. The highest BCUT2D eigenvalue weighted by Crippen LogP contribution is 2.38. The van der Waals surface area contributed by atoms with E-state index in [2.05, 4.69) is 9.64 Å². The van der Waals surface area contributed by atoms with E-state index < -0.39 is 41.3 Å². The Balaban J connectivity index is 1.34. The molecule has 2 heterocycles. The molecule has 0 spiro atoms. The van der Waals surface area contributed by atoms with E-state index in [9.17, 15) is 32.0 Å². The summed E-state index contributed by atoms with van der Waals surface area (Å²) in [5.41, 5.74) is 0.533. The van der Waals surface area contributed by atoms with Crippen molar-refractivity contribution in [2.24, 2.45) is 5.92 Å². The molecule has 19 heteroatoms. The standard InChI is InChI=1S/C35H39Cl2F2N3O11S/c1-48-29-7-6-24(15-28(29)42(54(2,46)47)10-9-40-11-13-49-14-12-40)34(44)51-21-33(43)52-31(17-25-26(36)18-41(45)19-27(25)37)23-5-8-30(53-35(38)39)32(16-23)50-20-22-3-4-22/h5-8,15-16,18-19,22,31,35H,3-4,9-14,17,20-21H2,1-2H3/t31-/m0/s1. The number of pyridine rings is 1. The number of esters is 2. The molecule has 1 atom stereocenters. The van der Waals surface area contributed by atoms with Gasteiger partial charge in [-0.05, 0) is 54.7 Å². The number of morpholine rings is 1. The van der Waals surface area contributed by atoms with Crippen LogP contribution in [-0.4, -0.2) is 97.8 Å². The van der Waals surface area contributed by atoms with Crippen molar-refractivity contribution in [2.45, 2.75) is 32.0 Å². The molecule has 1 aliphatic carbocycles. The van der Waals surface area contributed by atoms with Crippen LogP contribution in [-0.2, 0) is 35.4 Å². The van der Waals surface area contributed by atoms with Crippen molar-refractivity contribution in [3.8, 4) is 17.2 Å². The quantitative estimate of drug-likeness (QED) is 0.0983. The smallest absolute Gasteiger partial charge is 0.387 e. The summed E-state index contributed by atoms with van der Waals surface area (Å²) in [4.78, 5) is 28.5. The minimum atomic E-state index is -3.83. The van der Waals surface area contributed by atoms with Crippen molar-refractivity contribution in [3.05, 3.63) is 80.7 Å². The van der Waals surface area contributed by atoms with Crippen molar-refractivity contribution in [1.82, 2.24) is 4.90 Å². The van der Waals surface area contributed by atoms with Crippen molar-refractivity contribution in [3.63, 3.8) is 0 Å². The number of alkyl halides is 2. The van der Waals surface area contributed by atoms with Gasteiger partial charge in [0.05, 0.1) is 44.4 Å². The summed E-state index contributed by atoms with van der Waals surface area (Å²) in [6.07, 6.45) is 3.64. The second-order valence-corrected chi connectivity index (χ2v) is 15.3. The molecule has 54 heavy (non-hydrogen) atoms. The highest BCUT2D eigenvalue weighted by Gasteiger charge is 2.28. The number of carbonyl (C=O) groups excluding carboxylic acids is 2. The van der Waals surface area contributed by atoms with E-state index in [-0.39, 0.29) is 75.2 Å². The van der Waals surface area contributed by atoms with E-state index in [1.54, 1.807) is 0 Å². The van der Waals surface area contributed by atoms with Crippen LogP contribution in [0.3, 0.4) is 0 Å². The molecule has 0 bridgehead atoms. The maximum absolute atomic E-state index is 13.2. The summed E-state index contributed by atoms with van der Waals surface area (Å²) in [7, 11) is -2.47. The van der Waals surface area contributed by atoms with Gasteiger partial charge in [-0.1, -0.05) is 29.3 Å². The maximum atomic E-state index is 13.2. The number of sulfonamides is 1. The first-order valence-corrected chi connectivity index (χ1v) is 19.4. The van der Waals surface area contributed by atoms with Crippen molar-refractivity contribution in [1.29, 1.82) is 0 Å². The molecular weight excluding hydrogens is 779 g/mol. The zero-order chi connectivity index (χ0) is 39.0. The van der Waals surface area contributed by atoms with Crippen LogP contribution in [0.2, 0.25) is 10.0 Å². The molecule has 0 radical (unpaired) electrons. The Morgan fingerprint density at radius 2 is 1.74 bits per heavy atom. The fraction of sp³-hybridized carbons (Fsp3) is 0.457. The monoisotopic (exact) mass is 817 g/mol. The van der Waals surface area contributed by atoms with E-state index >= 15 is 0 Å². The molecule has 1 aliphatic heterocycles. The molecule has 0 N–H and O–H groups in total. The second kappa shape index (κ2) is 18.4. The van der Waals surface area contributed by atoms with Gasteiger partial charge in [-0.15, -0.1) is 0 Å². The third-order valence-electron chi connectivity index (χ3n) is 8.58. The fourth-order valence-corrected chi connectivity index (χ4v) is 7.11. The van der Waals surface area contributed by atoms with Gasteiger partial charge in [-0.2, -0.15) is 13.5 Å². The highest BCUT2D eigenvalue weighted by molar-refractivity contribution is 7.92. The number of carbonyl (C=O) groups is 2. The number of aromatic nitrogens is 1. The summed E-state index contributed by atoms with van der Waals surface area (Å²) in [6, 6.07) is 8.07. The molecule has 1 aromatic heterocycles. The Morgan fingerprint density at radius 3 is 2.37 bits per heavy atom. The maximum Gasteiger partial charge on any atom is 0.387 e. The Bertz CT molecular complexity index is 1890. The lowest BCUT2D eigenvalue weighted by Gasteiger charge is -2.30. The molecule has 5 rings (SSSR count). The van der Waals surface area contributed by atoms with E-state index in [1.807, 2.05) is 0 Å². The number of anilines is 1. The third kappa shape index (κ3) is 11.4. The molecule has 3 aromatic rings. The lowest BCUT2D eigenvalue weighted by molar-refractivity contribution is -0.605. The van der Waals surface area contributed by atoms with Gasteiger partial charge >= 0.3 is 18.6 Å². The Labute approximate surface area is 321 Å². The van der Waals surface area contributed by atoms with Crippen LogP contribution in [0, 0.1) is 11.1 Å². The molecule has 2 aromatic carbocycles. The average molecular weight is 819 g/mol. The van der Waals surface area contributed by atoms with E-state index in [1.165, 1.54) is 43.5 Å². The number of ether oxygens (including phenoxy) is 6. The Kier molecular flexibility index (Phi) is 14.0. The van der Waals surface area contributed by atoms with E-state index in [4.69, 9.17) is 46.9 Å². The Morgan fingerprint density at radius 1 is 1.06 bits per heavy atom. The fourth-order valence-electron chi connectivity index (χ4n) is 5.60. The molecule has 294 valence electrons. The number of nitrogens with zero attached hydrogens (tertiary/aromatic N) is 3. The first kappa shape index (κ1) is 41.0. The molecular formula is C35H39Cl2F2N3O11S. The number of rotatable bonds is 18. The third-order valence-corrected chi connectivity index (χ3v) is 10.4. The van der Waals surface area contributed by atoms with Gasteiger partial charge in [0, 0.05) is 38.2 Å². The number of hydrogen-bond acceptors (Lipinski definition) is 12. The van der Waals surface area contributed by atoms with Gasteiger partial charge in [0.25, 0.3) is 0 Å². The van der Waals surface area contributed by atoms with E-state index in [0.29, 0.717) is 37.6 Å². The molecule has 2 fully saturated rings. The van der Waals surface area contributed by atoms with Gasteiger partial charge < -0.3 is 33.6 Å². The van der Waals surface area contributed by atoms with Crippen molar-refractivity contribution >= 4 is 50.9 Å². The molecule has 0 unspecified atom stereocenters. The van der Waals surface area contributed by atoms with Crippen LogP contribution >= 0.6 is 23.2 Å². The lowest BCUT2D eigenvalue weighted by Crippen LogP contribution is -2.43. The summed E-state index contributed by atoms with van der Waals surface area (Å²) < 4.78 is 85.9. The van der Waals surface area contributed by atoms with Crippen molar-refractivity contribution in [2.75, 3.05) is 70.3 Å². The second-order valence-electron chi connectivity index (χ2n) is 12.6. The van der Waals surface area contributed by atoms with Crippen molar-refractivity contribution < 1.29 is 59.9 Å². The first-order chi connectivity index (χ1) is 25.7. The van der Waals surface area contributed by atoms with Crippen LogP contribution in [0.15, 0.2) is 48.8 Å². The van der Waals surface area contributed by atoms with Crippen LogP contribution in [0.1, 0.15) is 40.4 Å². The lowest BCUT2D eigenvalue weighted by atomic mass is 10.0. The number of hydrogen-bond donors (Lipinski definition) is 0. The van der Waals surface area contributed by atoms with Gasteiger partial charge in [0.1, 0.15) is 21.9 Å². The summed E-state index contributed by atoms with van der Waals surface area (Å²) in [5, 5.41) is 11.8. The average Bonchev–Trinajstić information content (AvgIpc) is 3.95.